The normalized spacial score (nSPS) is 10.4. The number of rotatable bonds is 5. The zero-order valence-corrected chi connectivity index (χ0v) is 13.9. The van der Waals surface area contributed by atoms with Crippen LogP contribution in [0.25, 0.3) is 11.5 Å². The first-order valence-corrected chi connectivity index (χ1v) is 7.95. The molecule has 0 aliphatic carbocycles. The Hall–Kier alpha value is -2.94. The van der Waals surface area contributed by atoms with Crippen molar-refractivity contribution in [2.75, 3.05) is 11.9 Å². The average Bonchev–Trinajstić information content (AvgIpc) is 3.09. The summed E-state index contributed by atoms with van der Waals surface area (Å²) in [7, 11) is 0. The van der Waals surface area contributed by atoms with Crippen LogP contribution < -0.4 is 10.1 Å². The highest BCUT2D eigenvalue weighted by molar-refractivity contribution is 7.13. The van der Waals surface area contributed by atoms with E-state index in [-0.39, 0.29) is 12.5 Å². The molecule has 9 heteroatoms. The van der Waals surface area contributed by atoms with E-state index in [0.717, 1.165) is 11.3 Å². The van der Waals surface area contributed by atoms with Crippen molar-refractivity contribution >= 4 is 22.4 Å². The quantitative estimate of drug-likeness (QED) is 0.756. The van der Waals surface area contributed by atoms with Crippen LogP contribution in [0.3, 0.4) is 0 Å². The molecule has 0 aliphatic rings. The molecule has 0 atom stereocenters. The van der Waals surface area contributed by atoms with Crippen LogP contribution in [0.5, 0.6) is 5.88 Å². The standard InChI is InChI=1S/C15H14N6O2S/c1-9-10(2)19-13(11-7-16-3-4-17-11)21-14(9)23-8-12(22)20-15-18-5-6-24-15/h3-7H,8H2,1-2H3,(H,18,20,22). The van der Waals surface area contributed by atoms with Gasteiger partial charge in [0.25, 0.3) is 5.91 Å². The van der Waals surface area contributed by atoms with Crippen molar-refractivity contribution in [1.29, 1.82) is 0 Å². The molecule has 1 amide bonds. The largest absolute Gasteiger partial charge is 0.467 e. The minimum atomic E-state index is -0.304. The van der Waals surface area contributed by atoms with Crippen molar-refractivity contribution in [3.63, 3.8) is 0 Å². The Kier molecular flexibility index (Phi) is 4.71. The maximum Gasteiger partial charge on any atom is 0.264 e. The predicted octanol–water partition coefficient (Wildman–Crippen LogP) is 2.02. The molecule has 3 heterocycles. The van der Waals surface area contributed by atoms with Crippen molar-refractivity contribution in [3.05, 3.63) is 41.4 Å². The molecule has 3 aromatic heterocycles. The topological polar surface area (TPSA) is 103 Å². The molecule has 0 radical (unpaired) electrons. The fourth-order valence-electron chi connectivity index (χ4n) is 1.85. The molecule has 0 spiro atoms. The number of hydrogen-bond acceptors (Lipinski definition) is 8. The lowest BCUT2D eigenvalue weighted by Gasteiger charge is -2.11. The zero-order chi connectivity index (χ0) is 16.9. The van der Waals surface area contributed by atoms with Crippen molar-refractivity contribution in [2.24, 2.45) is 0 Å². The number of aromatic nitrogens is 5. The van der Waals surface area contributed by atoms with Gasteiger partial charge in [0.15, 0.2) is 17.6 Å². The fourth-order valence-corrected chi connectivity index (χ4v) is 2.39. The highest BCUT2D eigenvalue weighted by Gasteiger charge is 2.13. The summed E-state index contributed by atoms with van der Waals surface area (Å²) in [6.07, 6.45) is 6.33. The molecular formula is C15H14N6O2S. The minimum Gasteiger partial charge on any atom is -0.467 e. The van der Waals surface area contributed by atoms with Gasteiger partial charge in [-0.3, -0.25) is 15.1 Å². The highest BCUT2D eigenvalue weighted by atomic mass is 32.1. The van der Waals surface area contributed by atoms with E-state index in [9.17, 15) is 4.79 Å². The lowest BCUT2D eigenvalue weighted by Crippen LogP contribution is -2.21. The Bertz CT molecular complexity index is 839. The van der Waals surface area contributed by atoms with Crippen LogP contribution in [0, 0.1) is 13.8 Å². The summed E-state index contributed by atoms with van der Waals surface area (Å²) in [6.45, 7) is 3.51. The summed E-state index contributed by atoms with van der Waals surface area (Å²) < 4.78 is 5.56. The van der Waals surface area contributed by atoms with Crippen molar-refractivity contribution in [2.45, 2.75) is 13.8 Å². The maximum absolute atomic E-state index is 11.9. The molecule has 3 aromatic rings. The third-order valence-corrected chi connectivity index (χ3v) is 3.84. The lowest BCUT2D eigenvalue weighted by atomic mass is 10.2. The third kappa shape index (κ3) is 3.69. The van der Waals surface area contributed by atoms with Crippen molar-refractivity contribution < 1.29 is 9.53 Å². The van der Waals surface area contributed by atoms with Gasteiger partial charge < -0.3 is 4.74 Å². The summed E-state index contributed by atoms with van der Waals surface area (Å²) in [5.41, 5.74) is 2.06. The van der Waals surface area contributed by atoms with Gasteiger partial charge in [-0.1, -0.05) is 0 Å². The van der Waals surface area contributed by atoms with Crippen LogP contribution in [0.1, 0.15) is 11.3 Å². The summed E-state index contributed by atoms with van der Waals surface area (Å²) >= 11 is 1.34. The van der Waals surface area contributed by atoms with Crippen LogP contribution in [0.4, 0.5) is 5.13 Å². The first kappa shape index (κ1) is 15.9. The predicted molar refractivity (Wildman–Crippen MR) is 88.8 cm³/mol. The van der Waals surface area contributed by atoms with Gasteiger partial charge in [0.1, 0.15) is 5.69 Å². The molecule has 1 N–H and O–H groups in total. The first-order valence-electron chi connectivity index (χ1n) is 7.07. The summed E-state index contributed by atoms with van der Waals surface area (Å²) in [6, 6.07) is 0. The van der Waals surface area contributed by atoms with Gasteiger partial charge >= 0.3 is 0 Å². The van der Waals surface area contributed by atoms with Crippen LogP contribution >= 0.6 is 11.3 Å². The van der Waals surface area contributed by atoms with Gasteiger partial charge in [0.2, 0.25) is 5.88 Å². The number of amides is 1. The van der Waals surface area contributed by atoms with Crippen LogP contribution in [0.2, 0.25) is 0 Å². The molecule has 0 aromatic carbocycles. The van der Waals surface area contributed by atoms with Crippen molar-refractivity contribution in [3.8, 4) is 17.4 Å². The number of anilines is 1. The lowest BCUT2D eigenvalue weighted by molar-refractivity contribution is -0.118. The van der Waals surface area contributed by atoms with Crippen LogP contribution in [0.15, 0.2) is 30.2 Å². The molecule has 0 saturated carbocycles. The second-order valence-electron chi connectivity index (χ2n) is 4.83. The van der Waals surface area contributed by atoms with Crippen LogP contribution in [-0.2, 0) is 4.79 Å². The Morgan fingerprint density at radius 2 is 2.08 bits per heavy atom. The molecule has 8 nitrogen and oxygen atoms in total. The fraction of sp³-hybridized carbons (Fsp3) is 0.200. The van der Waals surface area contributed by atoms with E-state index in [1.165, 1.54) is 11.3 Å². The number of ether oxygens (including phenoxy) is 1. The number of carbonyl (C=O) groups is 1. The van der Waals surface area contributed by atoms with E-state index in [1.807, 2.05) is 13.8 Å². The number of carbonyl (C=O) groups excluding carboxylic acids is 1. The number of aryl methyl sites for hydroxylation is 1. The van der Waals surface area contributed by atoms with Crippen molar-refractivity contribution in [1.82, 2.24) is 24.9 Å². The van der Waals surface area contributed by atoms with E-state index in [4.69, 9.17) is 4.74 Å². The summed E-state index contributed by atoms with van der Waals surface area (Å²) in [4.78, 5) is 32.8. The van der Waals surface area contributed by atoms with E-state index < -0.39 is 0 Å². The molecule has 0 bridgehead atoms. The van der Waals surface area contributed by atoms with E-state index in [1.54, 1.807) is 30.2 Å². The Morgan fingerprint density at radius 1 is 1.21 bits per heavy atom. The van der Waals surface area contributed by atoms with Crippen LogP contribution in [-0.4, -0.2) is 37.4 Å². The van der Waals surface area contributed by atoms with Gasteiger partial charge in [-0.25, -0.2) is 15.0 Å². The monoisotopic (exact) mass is 342 g/mol. The number of hydrogen-bond donors (Lipinski definition) is 1. The SMILES string of the molecule is Cc1nc(-c2cnccn2)nc(OCC(=O)Nc2nccs2)c1C. The zero-order valence-electron chi connectivity index (χ0n) is 13.1. The molecule has 0 saturated heterocycles. The van der Waals surface area contributed by atoms with E-state index >= 15 is 0 Å². The number of thiazole rings is 1. The van der Waals surface area contributed by atoms with Gasteiger partial charge in [-0.05, 0) is 13.8 Å². The molecule has 0 aliphatic heterocycles. The summed E-state index contributed by atoms with van der Waals surface area (Å²) in [5, 5.41) is 4.96. The third-order valence-electron chi connectivity index (χ3n) is 3.16. The molecular weight excluding hydrogens is 328 g/mol. The first-order chi connectivity index (χ1) is 11.6. The Labute approximate surface area is 142 Å². The number of nitrogens with one attached hydrogen (secondary N) is 1. The van der Waals surface area contributed by atoms with Gasteiger partial charge in [-0.15, -0.1) is 11.3 Å². The van der Waals surface area contributed by atoms with Gasteiger partial charge in [0.05, 0.1) is 6.20 Å². The van der Waals surface area contributed by atoms with E-state index in [2.05, 4.69) is 30.2 Å². The van der Waals surface area contributed by atoms with Gasteiger partial charge in [-0.2, -0.15) is 4.98 Å². The maximum atomic E-state index is 11.9. The number of nitrogens with zero attached hydrogens (tertiary/aromatic N) is 5. The average molecular weight is 342 g/mol. The molecule has 0 unspecified atom stereocenters. The highest BCUT2D eigenvalue weighted by Crippen LogP contribution is 2.21. The Balaban J connectivity index is 1.75. The molecule has 0 fully saturated rings. The molecule has 24 heavy (non-hydrogen) atoms. The van der Waals surface area contributed by atoms with E-state index in [0.29, 0.717) is 22.5 Å². The smallest absolute Gasteiger partial charge is 0.264 e. The molecule has 3 rings (SSSR count). The van der Waals surface area contributed by atoms with Gasteiger partial charge in [0, 0.05) is 35.2 Å². The minimum absolute atomic E-state index is 0.170. The second kappa shape index (κ2) is 7.09. The Morgan fingerprint density at radius 3 is 2.79 bits per heavy atom. The molecule has 122 valence electrons. The summed E-state index contributed by atoms with van der Waals surface area (Å²) in [5.74, 6) is 0.445. The second-order valence-corrected chi connectivity index (χ2v) is 5.72.